The molecule has 3 rings (SSSR count). The fourth-order valence-electron chi connectivity index (χ4n) is 3.98. The van der Waals surface area contributed by atoms with E-state index in [2.05, 4.69) is 21.9 Å². The maximum absolute atomic E-state index is 12.9. The number of aromatic nitrogens is 1. The number of primary amides is 1. The van der Waals surface area contributed by atoms with E-state index in [-0.39, 0.29) is 4.90 Å². The monoisotopic (exact) mass is 539 g/mol. The molecule has 0 aliphatic heterocycles. The Labute approximate surface area is 225 Å². The van der Waals surface area contributed by atoms with Gasteiger partial charge >= 0.3 is 6.03 Å². The number of rotatable bonds is 15. The highest BCUT2D eigenvalue weighted by atomic mass is 32.2. The highest BCUT2D eigenvalue weighted by Gasteiger charge is 2.17. The largest absolute Gasteiger partial charge is 0.387 e. The summed E-state index contributed by atoms with van der Waals surface area (Å²) in [6.45, 7) is 3.69. The predicted octanol–water partition coefficient (Wildman–Crippen LogP) is 4.21. The number of urea groups is 1. The SMILES string of the molecule is CCCCCCN(C(N)=O)c1ccc(S(=O)(=O)Nc2ccc(CCNCC(O)c3cccnc3)cc2)cc1. The summed E-state index contributed by atoms with van der Waals surface area (Å²) >= 11 is 0. The molecule has 0 aliphatic rings. The van der Waals surface area contributed by atoms with Crippen molar-refractivity contribution in [2.24, 2.45) is 5.73 Å². The maximum atomic E-state index is 12.9. The van der Waals surface area contributed by atoms with Crippen LogP contribution < -0.4 is 20.7 Å². The molecule has 0 bridgehead atoms. The van der Waals surface area contributed by atoms with Gasteiger partial charge in [-0.3, -0.25) is 14.6 Å². The molecule has 1 heterocycles. The number of carbonyl (C=O) groups is 1. The third kappa shape index (κ3) is 8.83. The molecule has 0 aliphatic carbocycles. The number of carbonyl (C=O) groups excluding carboxylic acids is 1. The molecule has 2 amide bonds. The molecule has 10 heteroatoms. The van der Waals surface area contributed by atoms with Crippen molar-refractivity contribution in [1.29, 1.82) is 0 Å². The van der Waals surface area contributed by atoms with E-state index < -0.39 is 22.2 Å². The number of nitrogens with zero attached hydrogens (tertiary/aromatic N) is 2. The molecule has 5 N–H and O–H groups in total. The highest BCUT2D eigenvalue weighted by Crippen LogP contribution is 2.21. The van der Waals surface area contributed by atoms with Crippen molar-refractivity contribution in [3.05, 3.63) is 84.2 Å². The number of nitrogens with one attached hydrogen (secondary N) is 2. The summed E-state index contributed by atoms with van der Waals surface area (Å²) in [5.74, 6) is 0. The Kier molecular flexibility index (Phi) is 11.1. The molecule has 2 aromatic carbocycles. The average molecular weight is 540 g/mol. The molecule has 0 fully saturated rings. The zero-order valence-corrected chi connectivity index (χ0v) is 22.5. The molecule has 9 nitrogen and oxygen atoms in total. The lowest BCUT2D eigenvalue weighted by molar-refractivity contribution is 0.174. The Bertz CT molecular complexity index is 1240. The van der Waals surface area contributed by atoms with Crippen LogP contribution in [-0.4, -0.2) is 44.2 Å². The smallest absolute Gasteiger partial charge is 0.319 e. The Balaban J connectivity index is 1.51. The second-order valence-corrected chi connectivity index (χ2v) is 10.8. The second-order valence-electron chi connectivity index (χ2n) is 9.10. The van der Waals surface area contributed by atoms with Crippen molar-refractivity contribution in [3.8, 4) is 0 Å². The molecule has 0 radical (unpaired) electrons. The molecule has 1 unspecified atom stereocenters. The normalized spacial score (nSPS) is 12.2. The van der Waals surface area contributed by atoms with E-state index in [4.69, 9.17) is 5.73 Å². The number of benzene rings is 2. The first-order chi connectivity index (χ1) is 18.3. The molecular formula is C28H37N5O4S. The van der Waals surface area contributed by atoms with Crippen LogP contribution in [0.3, 0.4) is 0 Å². The summed E-state index contributed by atoms with van der Waals surface area (Å²) in [6.07, 6.45) is 7.42. The lowest BCUT2D eigenvalue weighted by Crippen LogP contribution is -2.36. The third-order valence-electron chi connectivity index (χ3n) is 6.16. The molecule has 0 saturated heterocycles. The van der Waals surface area contributed by atoms with Crippen LogP contribution in [0.2, 0.25) is 0 Å². The first-order valence-corrected chi connectivity index (χ1v) is 14.4. The van der Waals surface area contributed by atoms with Crippen LogP contribution in [0, 0.1) is 0 Å². The number of hydrogen-bond acceptors (Lipinski definition) is 6. The van der Waals surface area contributed by atoms with Crippen LogP contribution in [0.25, 0.3) is 0 Å². The molecule has 204 valence electrons. The van der Waals surface area contributed by atoms with E-state index in [1.54, 1.807) is 42.7 Å². The fraction of sp³-hybridized carbons (Fsp3) is 0.357. The minimum absolute atomic E-state index is 0.0945. The van der Waals surface area contributed by atoms with Crippen molar-refractivity contribution in [1.82, 2.24) is 10.3 Å². The average Bonchev–Trinajstić information content (AvgIpc) is 2.92. The number of pyridine rings is 1. The third-order valence-corrected chi connectivity index (χ3v) is 7.56. The Morgan fingerprint density at radius 2 is 1.79 bits per heavy atom. The Morgan fingerprint density at radius 1 is 1.05 bits per heavy atom. The van der Waals surface area contributed by atoms with Crippen LogP contribution in [0.4, 0.5) is 16.2 Å². The van der Waals surface area contributed by atoms with Crippen molar-refractivity contribution in [2.45, 2.75) is 50.0 Å². The van der Waals surface area contributed by atoms with Gasteiger partial charge in [-0.05, 0) is 67.4 Å². The van der Waals surface area contributed by atoms with Crippen LogP contribution >= 0.6 is 0 Å². The van der Waals surface area contributed by atoms with Crippen molar-refractivity contribution >= 4 is 27.4 Å². The lowest BCUT2D eigenvalue weighted by atomic mass is 10.1. The summed E-state index contributed by atoms with van der Waals surface area (Å²) < 4.78 is 28.4. The number of aliphatic hydroxyl groups excluding tert-OH is 1. The van der Waals surface area contributed by atoms with Crippen molar-refractivity contribution in [3.63, 3.8) is 0 Å². The number of sulfonamides is 1. The highest BCUT2D eigenvalue weighted by molar-refractivity contribution is 7.92. The van der Waals surface area contributed by atoms with Gasteiger partial charge in [0.25, 0.3) is 10.0 Å². The standard InChI is InChI=1S/C28H37N5O4S/c1-2-3-4-5-19-33(28(29)35)25-12-14-26(15-13-25)38(36,37)32-24-10-8-22(9-11-24)16-18-31-21-27(34)23-7-6-17-30-20-23/h6-15,17,20,27,31-32,34H,2-5,16,18-19,21H2,1H3,(H2,29,35). The molecule has 3 aromatic rings. The van der Waals surface area contributed by atoms with E-state index in [0.29, 0.717) is 31.0 Å². The van der Waals surface area contributed by atoms with Gasteiger partial charge in [0.1, 0.15) is 0 Å². The summed E-state index contributed by atoms with van der Waals surface area (Å²) in [5, 5.41) is 13.4. The van der Waals surface area contributed by atoms with Gasteiger partial charge in [0.2, 0.25) is 0 Å². The van der Waals surface area contributed by atoms with Gasteiger partial charge in [-0.25, -0.2) is 13.2 Å². The lowest BCUT2D eigenvalue weighted by Gasteiger charge is -2.21. The Hall–Kier alpha value is -3.47. The molecule has 0 spiro atoms. The first kappa shape index (κ1) is 29.1. The van der Waals surface area contributed by atoms with Gasteiger partial charge in [-0.2, -0.15) is 0 Å². The van der Waals surface area contributed by atoms with Crippen molar-refractivity contribution in [2.75, 3.05) is 29.3 Å². The molecular weight excluding hydrogens is 502 g/mol. The first-order valence-electron chi connectivity index (χ1n) is 12.9. The van der Waals surface area contributed by atoms with E-state index in [1.807, 2.05) is 18.2 Å². The molecule has 1 atom stereocenters. The number of nitrogens with two attached hydrogens (primary N) is 1. The van der Waals surface area contributed by atoms with Crippen LogP contribution in [0.1, 0.15) is 49.8 Å². The fourth-order valence-corrected chi connectivity index (χ4v) is 5.04. The number of aliphatic hydroxyl groups is 1. The molecule has 38 heavy (non-hydrogen) atoms. The summed E-state index contributed by atoms with van der Waals surface area (Å²) in [5.41, 5.74) is 8.35. The molecule has 1 aromatic heterocycles. The van der Waals surface area contributed by atoms with Gasteiger partial charge in [0.05, 0.1) is 11.0 Å². The summed E-state index contributed by atoms with van der Waals surface area (Å²) in [4.78, 5) is 17.5. The second kappa shape index (κ2) is 14.5. The zero-order valence-electron chi connectivity index (χ0n) is 21.7. The number of amides is 2. The van der Waals surface area contributed by atoms with E-state index in [0.717, 1.165) is 43.2 Å². The van der Waals surface area contributed by atoms with Gasteiger partial charge in [-0.15, -0.1) is 0 Å². The number of unbranched alkanes of at least 4 members (excludes halogenated alkanes) is 3. The van der Waals surface area contributed by atoms with E-state index in [9.17, 15) is 18.3 Å². The van der Waals surface area contributed by atoms with Gasteiger partial charge in [0.15, 0.2) is 0 Å². The number of hydrogen-bond donors (Lipinski definition) is 4. The quantitative estimate of drug-likeness (QED) is 0.214. The van der Waals surface area contributed by atoms with E-state index in [1.165, 1.54) is 17.0 Å². The van der Waals surface area contributed by atoms with Crippen LogP contribution in [-0.2, 0) is 16.4 Å². The van der Waals surface area contributed by atoms with Gasteiger partial charge in [-0.1, -0.05) is 44.4 Å². The van der Waals surface area contributed by atoms with Gasteiger partial charge < -0.3 is 16.2 Å². The molecule has 0 saturated carbocycles. The minimum atomic E-state index is -3.80. The maximum Gasteiger partial charge on any atom is 0.319 e. The summed E-state index contributed by atoms with van der Waals surface area (Å²) in [6, 6.07) is 16.4. The summed E-state index contributed by atoms with van der Waals surface area (Å²) in [7, 11) is -3.80. The van der Waals surface area contributed by atoms with Gasteiger partial charge in [0, 0.05) is 42.4 Å². The number of anilines is 2. The zero-order chi connectivity index (χ0) is 27.4. The predicted molar refractivity (Wildman–Crippen MR) is 151 cm³/mol. The topological polar surface area (TPSA) is 138 Å². The minimum Gasteiger partial charge on any atom is -0.387 e. The van der Waals surface area contributed by atoms with E-state index >= 15 is 0 Å². The van der Waals surface area contributed by atoms with Crippen molar-refractivity contribution < 1.29 is 18.3 Å². The van der Waals surface area contributed by atoms with Crippen LogP contribution in [0.15, 0.2) is 78.0 Å². The van der Waals surface area contributed by atoms with Crippen LogP contribution in [0.5, 0.6) is 0 Å². The Morgan fingerprint density at radius 3 is 2.42 bits per heavy atom.